The molecule has 1 saturated heterocycles. The molecule has 5 nitrogen and oxygen atoms in total. The standard InChI is InChI=1S/C21H21N3O2S/c1-2-14-7-9-16(10-8-14)24-13-15(11-20(24)25)21(26)22-12-19-23-17-5-3-4-6-18(17)27-19/h3-10,15H,2,11-13H2,1H3,(H,22,26). The molecule has 0 spiro atoms. The number of amides is 2. The molecule has 3 aromatic rings. The van der Waals surface area contributed by atoms with E-state index in [0.29, 0.717) is 13.1 Å². The SMILES string of the molecule is CCc1ccc(N2CC(C(=O)NCc3nc4ccccc4s3)CC2=O)cc1. The van der Waals surface area contributed by atoms with Crippen LogP contribution in [0.3, 0.4) is 0 Å². The zero-order chi connectivity index (χ0) is 18.8. The van der Waals surface area contributed by atoms with Crippen LogP contribution in [0.15, 0.2) is 48.5 Å². The summed E-state index contributed by atoms with van der Waals surface area (Å²) >= 11 is 1.58. The summed E-state index contributed by atoms with van der Waals surface area (Å²) in [6.45, 7) is 2.92. The maximum atomic E-state index is 12.5. The summed E-state index contributed by atoms with van der Waals surface area (Å²) in [5, 5.41) is 3.82. The van der Waals surface area contributed by atoms with Gasteiger partial charge in [-0.15, -0.1) is 11.3 Å². The number of fused-ring (bicyclic) bond motifs is 1. The van der Waals surface area contributed by atoms with Crippen LogP contribution in [0.1, 0.15) is 23.9 Å². The highest BCUT2D eigenvalue weighted by molar-refractivity contribution is 7.18. The summed E-state index contributed by atoms with van der Waals surface area (Å²) in [4.78, 5) is 31.2. The number of rotatable bonds is 5. The fourth-order valence-corrected chi connectivity index (χ4v) is 4.25. The molecule has 0 saturated carbocycles. The third kappa shape index (κ3) is 3.71. The highest BCUT2D eigenvalue weighted by Crippen LogP contribution is 2.26. The smallest absolute Gasteiger partial charge is 0.227 e. The fraction of sp³-hybridized carbons (Fsp3) is 0.286. The Morgan fingerprint density at radius 3 is 2.74 bits per heavy atom. The third-order valence-corrected chi connectivity index (χ3v) is 5.94. The molecule has 1 unspecified atom stereocenters. The van der Waals surface area contributed by atoms with Crippen LogP contribution in [0.2, 0.25) is 0 Å². The lowest BCUT2D eigenvalue weighted by Gasteiger charge is -2.17. The number of benzene rings is 2. The van der Waals surface area contributed by atoms with E-state index < -0.39 is 0 Å². The number of carbonyl (C=O) groups is 2. The van der Waals surface area contributed by atoms with E-state index in [2.05, 4.69) is 17.2 Å². The summed E-state index contributed by atoms with van der Waals surface area (Å²) in [5.41, 5.74) is 3.04. The summed E-state index contributed by atoms with van der Waals surface area (Å²) in [5.74, 6) is -0.410. The zero-order valence-corrected chi connectivity index (χ0v) is 16.0. The Hall–Kier alpha value is -2.73. The van der Waals surface area contributed by atoms with Crippen molar-refractivity contribution in [2.45, 2.75) is 26.3 Å². The van der Waals surface area contributed by atoms with Gasteiger partial charge in [-0.25, -0.2) is 4.98 Å². The van der Waals surface area contributed by atoms with Crippen molar-refractivity contribution in [2.75, 3.05) is 11.4 Å². The molecule has 27 heavy (non-hydrogen) atoms. The highest BCUT2D eigenvalue weighted by atomic mass is 32.1. The average molecular weight is 379 g/mol. The molecule has 2 amide bonds. The molecule has 4 rings (SSSR count). The van der Waals surface area contributed by atoms with E-state index in [9.17, 15) is 9.59 Å². The summed E-state index contributed by atoms with van der Waals surface area (Å²) in [6.07, 6.45) is 1.21. The Labute approximate surface area is 162 Å². The molecule has 1 aliphatic rings. The van der Waals surface area contributed by atoms with Crippen LogP contribution in [0.5, 0.6) is 0 Å². The molecule has 1 aromatic heterocycles. The number of aryl methyl sites for hydroxylation is 1. The van der Waals surface area contributed by atoms with Gasteiger partial charge in [0.2, 0.25) is 11.8 Å². The van der Waals surface area contributed by atoms with Crippen molar-refractivity contribution in [3.05, 3.63) is 59.1 Å². The van der Waals surface area contributed by atoms with Gasteiger partial charge >= 0.3 is 0 Å². The first-order chi connectivity index (χ1) is 13.1. The van der Waals surface area contributed by atoms with Crippen molar-refractivity contribution in [2.24, 2.45) is 5.92 Å². The molecular weight excluding hydrogens is 358 g/mol. The topological polar surface area (TPSA) is 62.3 Å². The molecule has 1 N–H and O–H groups in total. The van der Waals surface area contributed by atoms with Crippen LogP contribution in [0, 0.1) is 5.92 Å². The number of para-hydroxylation sites is 1. The molecule has 0 bridgehead atoms. The minimum atomic E-state index is -0.322. The second kappa shape index (κ2) is 7.48. The normalized spacial score (nSPS) is 16.9. The van der Waals surface area contributed by atoms with Crippen molar-refractivity contribution in [3.63, 3.8) is 0 Å². The predicted molar refractivity (Wildman–Crippen MR) is 108 cm³/mol. The van der Waals surface area contributed by atoms with E-state index in [4.69, 9.17) is 0 Å². The Bertz CT molecular complexity index is 948. The molecule has 6 heteroatoms. The minimum Gasteiger partial charge on any atom is -0.349 e. The van der Waals surface area contributed by atoms with Crippen molar-refractivity contribution < 1.29 is 9.59 Å². The van der Waals surface area contributed by atoms with Crippen molar-refractivity contribution in [1.82, 2.24) is 10.3 Å². The lowest BCUT2D eigenvalue weighted by atomic mass is 10.1. The van der Waals surface area contributed by atoms with Gasteiger partial charge < -0.3 is 10.2 Å². The second-order valence-corrected chi connectivity index (χ2v) is 7.83. The second-order valence-electron chi connectivity index (χ2n) is 6.72. The molecular formula is C21H21N3O2S. The highest BCUT2D eigenvalue weighted by Gasteiger charge is 2.35. The van der Waals surface area contributed by atoms with Crippen LogP contribution in [0.4, 0.5) is 5.69 Å². The predicted octanol–water partition coefficient (Wildman–Crippen LogP) is 3.53. The average Bonchev–Trinajstić information content (AvgIpc) is 3.29. The first-order valence-electron chi connectivity index (χ1n) is 9.15. The third-order valence-electron chi connectivity index (χ3n) is 4.90. The molecule has 0 aliphatic carbocycles. The first kappa shape index (κ1) is 17.7. The van der Waals surface area contributed by atoms with E-state index in [0.717, 1.165) is 27.3 Å². The van der Waals surface area contributed by atoms with Crippen LogP contribution in [0.25, 0.3) is 10.2 Å². The number of carbonyl (C=O) groups excluding carboxylic acids is 2. The van der Waals surface area contributed by atoms with Crippen molar-refractivity contribution in [3.8, 4) is 0 Å². The molecule has 2 aromatic carbocycles. The van der Waals surface area contributed by atoms with E-state index in [1.165, 1.54) is 5.56 Å². The van der Waals surface area contributed by atoms with E-state index in [1.54, 1.807) is 16.2 Å². The summed E-state index contributed by atoms with van der Waals surface area (Å²) < 4.78 is 1.11. The Morgan fingerprint density at radius 1 is 1.22 bits per heavy atom. The number of anilines is 1. The number of nitrogens with one attached hydrogen (secondary N) is 1. The molecule has 1 atom stereocenters. The van der Waals surface area contributed by atoms with E-state index in [-0.39, 0.29) is 24.2 Å². The maximum Gasteiger partial charge on any atom is 0.227 e. The molecule has 138 valence electrons. The number of nitrogens with zero attached hydrogens (tertiary/aromatic N) is 2. The Morgan fingerprint density at radius 2 is 2.00 bits per heavy atom. The van der Waals surface area contributed by atoms with E-state index in [1.807, 2.05) is 48.5 Å². The van der Waals surface area contributed by atoms with Crippen LogP contribution < -0.4 is 10.2 Å². The Balaban J connectivity index is 1.38. The van der Waals surface area contributed by atoms with Gasteiger partial charge in [-0.2, -0.15) is 0 Å². The van der Waals surface area contributed by atoms with Gasteiger partial charge in [-0.3, -0.25) is 9.59 Å². The van der Waals surface area contributed by atoms with Crippen LogP contribution in [-0.4, -0.2) is 23.3 Å². The molecule has 0 radical (unpaired) electrons. The number of hydrogen-bond acceptors (Lipinski definition) is 4. The quantitative estimate of drug-likeness (QED) is 0.738. The molecule has 1 aliphatic heterocycles. The van der Waals surface area contributed by atoms with Gasteiger partial charge in [0.25, 0.3) is 0 Å². The summed E-state index contributed by atoms with van der Waals surface area (Å²) in [6, 6.07) is 15.9. The zero-order valence-electron chi connectivity index (χ0n) is 15.1. The van der Waals surface area contributed by atoms with Gasteiger partial charge in [-0.05, 0) is 36.2 Å². The van der Waals surface area contributed by atoms with Gasteiger partial charge in [0.15, 0.2) is 0 Å². The molecule has 1 fully saturated rings. The number of aromatic nitrogens is 1. The van der Waals surface area contributed by atoms with E-state index >= 15 is 0 Å². The fourth-order valence-electron chi connectivity index (χ4n) is 3.35. The first-order valence-corrected chi connectivity index (χ1v) is 9.97. The largest absolute Gasteiger partial charge is 0.349 e. The van der Waals surface area contributed by atoms with Gasteiger partial charge in [-0.1, -0.05) is 31.2 Å². The Kier molecular flexibility index (Phi) is 4.90. The lowest BCUT2D eigenvalue weighted by molar-refractivity contribution is -0.126. The van der Waals surface area contributed by atoms with Crippen LogP contribution >= 0.6 is 11.3 Å². The van der Waals surface area contributed by atoms with Gasteiger partial charge in [0.1, 0.15) is 5.01 Å². The minimum absolute atomic E-state index is 0.000569. The lowest BCUT2D eigenvalue weighted by Crippen LogP contribution is -2.32. The van der Waals surface area contributed by atoms with Crippen LogP contribution in [-0.2, 0) is 22.6 Å². The van der Waals surface area contributed by atoms with Crippen molar-refractivity contribution in [1.29, 1.82) is 0 Å². The summed E-state index contributed by atoms with van der Waals surface area (Å²) in [7, 11) is 0. The monoisotopic (exact) mass is 379 g/mol. The number of thiazole rings is 1. The van der Waals surface area contributed by atoms with Gasteiger partial charge in [0.05, 0.1) is 22.7 Å². The maximum absolute atomic E-state index is 12.5. The van der Waals surface area contributed by atoms with Gasteiger partial charge in [0, 0.05) is 18.7 Å². The van der Waals surface area contributed by atoms with Crippen molar-refractivity contribution >= 4 is 39.1 Å². The number of hydrogen-bond donors (Lipinski definition) is 1. The molecule has 2 heterocycles.